The van der Waals surface area contributed by atoms with Crippen molar-refractivity contribution >= 4 is 23.5 Å². The lowest BCUT2D eigenvalue weighted by Crippen LogP contribution is -1.98. The van der Waals surface area contributed by atoms with Crippen LogP contribution in [0, 0.1) is 19.7 Å². The molecule has 3 aromatic carbocycles. The van der Waals surface area contributed by atoms with Crippen LogP contribution in [0.3, 0.4) is 0 Å². The molecule has 0 aliphatic carbocycles. The van der Waals surface area contributed by atoms with Gasteiger partial charge in [-0.05, 0) is 55.8 Å². The van der Waals surface area contributed by atoms with Gasteiger partial charge in [-0.1, -0.05) is 47.5 Å². The van der Waals surface area contributed by atoms with E-state index in [1.807, 2.05) is 35.7 Å². The molecule has 3 rings (SSSR count). The van der Waals surface area contributed by atoms with E-state index in [-0.39, 0.29) is 11.1 Å². The molecule has 0 amide bonds. The topological polar surface area (TPSA) is 0 Å². The molecule has 0 radical (unpaired) electrons. The SMILES string of the molecule is Cc1ccc(SCC(Sc2ccc(C)cc2)c2ccc(F)cc2)cc1. The average molecular weight is 369 g/mol. The van der Waals surface area contributed by atoms with Crippen LogP contribution in [0.15, 0.2) is 82.6 Å². The highest BCUT2D eigenvalue weighted by molar-refractivity contribution is 8.03. The predicted octanol–water partition coefficient (Wildman–Crippen LogP) is 7.07. The van der Waals surface area contributed by atoms with E-state index in [4.69, 9.17) is 0 Å². The molecule has 0 heterocycles. The lowest BCUT2D eigenvalue weighted by atomic mass is 10.2. The Morgan fingerprint density at radius 2 is 1.24 bits per heavy atom. The van der Waals surface area contributed by atoms with E-state index in [0.29, 0.717) is 0 Å². The summed E-state index contributed by atoms with van der Waals surface area (Å²) in [5, 5.41) is 0.273. The van der Waals surface area contributed by atoms with E-state index >= 15 is 0 Å². The highest BCUT2D eigenvalue weighted by atomic mass is 32.2. The molecule has 3 heteroatoms. The number of benzene rings is 3. The first-order valence-electron chi connectivity index (χ1n) is 8.28. The molecule has 0 spiro atoms. The second kappa shape index (κ2) is 8.59. The van der Waals surface area contributed by atoms with Crippen LogP contribution in [0.4, 0.5) is 4.39 Å². The standard InChI is InChI=1S/C22H21FS2/c1-16-3-11-20(12-4-16)24-15-22(18-7-9-19(23)10-8-18)25-21-13-5-17(2)6-14-21/h3-14,22H,15H2,1-2H3. The molecule has 0 saturated carbocycles. The normalized spacial score (nSPS) is 12.1. The minimum Gasteiger partial charge on any atom is -0.207 e. The number of hydrogen-bond donors (Lipinski definition) is 0. The Balaban J connectivity index is 1.76. The van der Waals surface area contributed by atoms with E-state index < -0.39 is 0 Å². The van der Waals surface area contributed by atoms with Gasteiger partial charge in [-0.2, -0.15) is 0 Å². The molecule has 1 atom stereocenters. The van der Waals surface area contributed by atoms with Gasteiger partial charge in [-0.3, -0.25) is 0 Å². The van der Waals surface area contributed by atoms with Crippen LogP contribution in [0.1, 0.15) is 21.9 Å². The van der Waals surface area contributed by atoms with Crippen molar-refractivity contribution in [3.05, 3.63) is 95.3 Å². The Bertz CT molecular complexity index is 793. The number of rotatable bonds is 6. The van der Waals surface area contributed by atoms with Crippen molar-refractivity contribution in [2.75, 3.05) is 5.75 Å². The van der Waals surface area contributed by atoms with E-state index in [0.717, 1.165) is 11.3 Å². The fourth-order valence-corrected chi connectivity index (χ4v) is 4.72. The van der Waals surface area contributed by atoms with Gasteiger partial charge < -0.3 is 0 Å². The molecular weight excluding hydrogens is 347 g/mol. The van der Waals surface area contributed by atoms with Crippen molar-refractivity contribution < 1.29 is 4.39 Å². The summed E-state index contributed by atoms with van der Waals surface area (Å²) in [6.07, 6.45) is 0. The smallest absolute Gasteiger partial charge is 0.123 e. The summed E-state index contributed by atoms with van der Waals surface area (Å²) in [5.41, 5.74) is 3.69. The molecule has 1 unspecified atom stereocenters. The summed E-state index contributed by atoms with van der Waals surface area (Å²) < 4.78 is 13.3. The third kappa shape index (κ3) is 5.38. The Hall–Kier alpha value is -1.71. The number of halogens is 1. The van der Waals surface area contributed by atoms with Crippen LogP contribution < -0.4 is 0 Å². The van der Waals surface area contributed by atoms with Gasteiger partial charge in [-0.15, -0.1) is 23.5 Å². The van der Waals surface area contributed by atoms with Crippen molar-refractivity contribution in [3.8, 4) is 0 Å². The Labute approximate surface area is 157 Å². The van der Waals surface area contributed by atoms with E-state index in [1.54, 1.807) is 12.1 Å². The maximum Gasteiger partial charge on any atom is 0.123 e. The van der Waals surface area contributed by atoms with Crippen molar-refractivity contribution in [1.29, 1.82) is 0 Å². The van der Waals surface area contributed by atoms with E-state index in [1.165, 1.54) is 20.9 Å². The summed E-state index contributed by atoms with van der Waals surface area (Å²) in [6.45, 7) is 4.20. The molecule has 3 aromatic rings. The van der Waals surface area contributed by atoms with Gasteiger partial charge in [-0.25, -0.2) is 4.39 Å². The minimum atomic E-state index is -0.186. The van der Waals surface area contributed by atoms with E-state index in [9.17, 15) is 4.39 Å². The maximum absolute atomic E-state index is 13.3. The maximum atomic E-state index is 13.3. The molecule has 0 aromatic heterocycles. The van der Waals surface area contributed by atoms with Crippen molar-refractivity contribution in [3.63, 3.8) is 0 Å². The van der Waals surface area contributed by atoms with Gasteiger partial charge in [0.1, 0.15) is 5.82 Å². The summed E-state index contributed by atoms with van der Waals surface area (Å²) in [7, 11) is 0. The van der Waals surface area contributed by atoms with Gasteiger partial charge >= 0.3 is 0 Å². The van der Waals surface area contributed by atoms with Crippen LogP contribution in [0.2, 0.25) is 0 Å². The lowest BCUT2D eigenvalue weighted by molar-refractivity contribution is 0.627. The third-order valence-corrected chi connectivity index (χ3v) is 6.55. The monoisotopic (exact) mass is 368 g/mol. The molecule has 0 fully saturated rings. The molecular formula is C22H21FS2. The fourth-order valence-electron chi connectivity index (χ4n) is 2.46. The van der Waals surface area contributed by atoms with Crippen LogP contribution in [-0.4, -0.2) is 5.75 Å². The average Bonchev–Trinajstić information content (AvgIpc) is 2.62. The quantitative estimate of drug-likeness (QED) is 0.427. The second-order valence-electron chi connectivity index (χ2n) is 6.10. The van der Waals surface area contributed by atoms with Gasteiger partial charge in [0.05, 0.1) is 0 Å². The zero-order valence-corrected chi connectivity index (χ0v) is 16.0. The van der Waals surface area contributed by atoms with Crippen molar-refractivity contribution in [2.24, 2.45) is 0 Å². The number of hydrogen-bond acceptors (Lipinski definition) is 2. The fraction of sp³-hybridized carbons (Fsp3) is 0.182. The number of thioether (sulfide) groups is 2. The van der Waals surface area contributed by atoms with E-state index in [2.05, 4.69) is 62.4 Å². The van der Waals surface area contributed by atoms with Gasteiger partial charge in [0.25, 0.3) is 0 Å². The lowest BCUT2D eigenvalue weighted by Gasteiger charge is -2.17. The number of aryl methyl sites for hydroxylation is 2. The molecule has 0 nitrogen and oxygen atoms in total. The molecule has 0 aliphatic rings. The third-order valence-electron chi connectivity index (χ3n) is 3.96. The summed E-state index contributed by atoms with van der Waals surface area (Å²) >= 11 is 3.68. The Kier molecular flexibility index (Phi) is 6.22. The molecule has 128 valence electrons. The summed E-state index contributed by atoms with van der Waals surface area (Å²) in [4.78, 5) is 2.51. The first-order chi connectivity index (χ1) is 12.1. The van der Waals surface area contributed by atoms with Gasteiger partial charge in [0, 0.05) is 20.8 Å². The molecule has 25 heavy (non-hydrogen) atoms. The van der Waals surface area contributed by atoms with Crippen LogP contribution >= 0.6 is 23.5 Å². The first kappa shape index (κ1) is 18.1. The Morgan fingerprint density at radius 3 is 1.80 bits per heavy atom. The van der Waals surface area contributed by atoms with Crippen molar-refractivity contribution in [2.45, 2.75) is 28.9 Å². The largest absolute Gasteiger partial charge is 0.207 e. The summed E-state index contributed by atoms with van der Waals surface area (Å²) in [5.74, 6) is 0.752. The Morgan fingerprint density at radius 1 is 0.720 bits per heavy atom. The molecule has 0 bridgehead atoms. The first-order valence-corrected chi connectivity index (χ1v) is 10.1. The van der Waals surface area contributed by atoms with Crippen LogP contribution in [-0.2, 0) is 0 Å². The highest BCUT2D eigenvalue weighted by Crippen LogP contribution is 2.39. The minimum absolute atomic E-state index is 0.186. The molecule has 0 saturated heterocycles. The van der Waals surface area contributed by atoms with Gasteiger partial charge in [0.2, 0.25) is 0 Å². The second-order valence-corrected chi connectivity index (χ2v) is 8.46. The zero-order valence-electron chi connectivity index (χ0n) is 14.4. The molecule has 0 N–H and O–H groups in total. The highest BCUT2D eigenvalue weighted by Gasteiger charge is 2.14. The summed E-state index contributed by atoms with van der Waals surface area (Å²) in [6, 6.07) is 24.1. The molecule has 0 aliphatic heterocycles. The van der Waals surface area contributed by atoms with Crippen LogP contribution in [0.5, 0.6) is 0 Å². The van der Waals surface area contributed by atoms with Crippen LogP contribution in [0.25, 0.3) is 0 Å². The zero-order chi connectivity index (χ0) is 17.6. The van der Waals surface area contributed by atoms with Crippen molar-refractivity contribution in [1.82, 2.24) is 0 Å². The van der Waals surface area contributed by atoms with Gasteiger partial charge in [0.15, 0.2) is 0 Å². The predicted molar refractivity (Wildman–Crippen MR) is 108 cm³/mol.